The number of benzene rings is 3. The average Bonchev–Trinajstić information content (AvgIpc) is 2.72. The van der Waals surface area contributed by atoms with Gasteiger partial charge in [-0.1, -0.05) is 30.9 Å². The van der Waals surface area contributed by atoms with Gasteiger partial charge in [-0.2, -0.15) is 0 Å². The van der Waals surface area contributed by atoms with E-state index in [1.54, 1.807) is 6.07 Å². The molecule has 0 heterocycles. The zero-order valence-electron chi connectivity index (χ0n) is 17.2. The SMILES string of the molecule is CCc1cccc(C#Cc2cc(F)c(NS(=O)(=O)c3cc(C)cc(F)c3C)c(F)c2)c1. The molecule has 7 heteroatoms. The predicted molar refractivity (Wildman–Crippen MR) is 115 cm³/mol. The number of nitrogens with one attached hydrogen (secondary N) is 1. The second-order valence-electron chi connectivity index (χ2n) is 7.09. The number of hydrogen-bond donors (Lipinski definition) is 1. The third-order valence-corrected chi connectivity index (χ3v) is 6.17. The summed E-state index contributed by atoms with van der Waals surface area (Å²) in [6.45, 7) is 4.80. The quantitative estimate of drug-likeness (QED) is 0.543. The van der Waals surface area contributed by atoms with E-state index in [-0.39, 0.29) is 16.0 Å². The molecule has 0 saturated carbocycles. The van der Waals surface area contributed by atoms with Gasteiger partial charge in [0.25, 0.3) is 10.0 Å². The van der Waals surface area contributed by atoms with Gasteiger partial charge in [0, 0.05) is 16.7 Å². The Morgan fingerprint density at radius 1 is 0.871 bits per heavy atom. The molecule has 3 aromatic rings. The summed E-state index contributed by atoms with van der Waals surface area (Å²) >= 11 is 0. The van der Waals surface area contributed by atoms with Crippen LogP contribution in [0, 0.1) is 43.1 Å². The molecule has 3 nitrogen and oxygen atoms in total. The van der Waals surface area contributed by atoms with Crippen LogP contribution in [0.15, 0.2) is 53.4 Å². The van der Waals surface area contributed by atoms with Crippen LogP contribution in [0.3, 0.4) is 0 Å². The van der Waals surface area contributed by atoms with Crippen LogP contribution < -0.4 is 4.72 Å². The van der Waals surface area contributed by atoms with Crippen molar-refractivity contribution in [1.29, 1.82) is 0 Å². The van der Waals surface area contributed by atoms with E-state index in [2.05, 4.69) is 11.8 Å². The topological polar surface area (TPSA) is 46.2 Å². The van der Waals surface area contributed by atoms with Crippen molar-refractivity contribution in [2.24, 2.45) is 0 Å². The summed E-state index contributed by atoms with van der Waals surface area (Å²) in [6, 6.07) is 11.8. The van der Waals surface area contributed by atoms with Crippen LogP contribution in [-0.4, -0.2) is 8.42 Å². The fourth-order valence-corrected chi connectivity index (χ4v) is 4.42. The summed E-state index contributed by atoms with van der Waals surface area (Å²) < 4.78 is 70.2. The summed E-state index contributed by atoms with van der Waals surface area (Å²) in [5.41, 5.74) is 1.20. The van der Waals surface area contributed by atoms with Gasteiger partial charge in [0.1, 0.15) is 11.5 Å². The Bertz CT molecular complexity index is 1300. The largest absolute Gasteiger partial charge is 0.274 e. The third kappa shape index (κ3) is 5.09. The Morgan fingerprint density at radius 3 is 2.16 bits per heavy atom. The molecule has 0 bridgehead atoms. The maximum atomic E-state index is 14.6. The van der Waals surface area contributed by atoms with Crippen molar-refractivity contribution in [3.63, 3.8) is 0 Å². The van der Waals surface area contributed by atoms with Crippen LogP contribution in [0.4, 0.5) is 18.9 Å². The molecule has 3 rings (SSSR count). The van der Waals surface area contributed by atoms with Crippen molar-refractivity contribution < 1.29 is 21.6 Å². The van der Waals surface area contributed by atoms with Crippen molar-refractivity contribution in [1.82, 2.24) is 0 Å². The minimum absolute atomic E-state index is 0.0534. The normalized spacial score (nSPS) is 11.0. The molecule has 0 spiro atoms. The molecule has 0 amide bonds. The summed E-state index contributed by atoms with van der Waals surface area (Å²) in [5, 5.41) is 0. The maximum absolute atomic E-state index is 14.6. The standard InChI is InChI=1S/C24H20F3NO2S/c1-4-17-6-5-7-18(12-17)8-9-19-13-21(26)24(22(27)14-19)28-31(29,30)23-11-15(2)10-20(25)16(23)3/h5-7,10-14,28H,4H2,1-3H3. The Morgan fingerprint density at radius 2 is 1.52 bits per heavy atom. The van der Waals surface area contributed by atoms with Gasteiger partial charge in [-0.05, 0) is 67.8 Å². The van der Waals surface area contributed by atoms with Crippen LogP contribution in [-0.2, 0) is 16.4 Å². The number of anilines is 1. The Kier molecular flexibility index (Phi) is 6.42. The first-order valence-corrected chi connectivity index (χ1v) is 11.0. The van der Waals surface area contributed by atoms with E-state index in [4.69, 9.17) is 0 Å². The first kappa shape index (κ1) is 22.4. The molecule has 0 atom stereocenters. The van der Waals surface area contributed by atoms with Crippen LogP contribution in [0.2, 0.25) is 0 Å². The molecule has 0 radical (unpaired) electrons. The molecule has 0 unspecified atom stereocenters. The molecule has 160 valence electrons. The van der Waals surface area contributed by atoms with E-state index in [0.29, 0.717) is 11.1 Å². The monoisotopic (exact) mass is 443 g/mol. The van der Waals surface area contributed by atoms with Gasteiger partial charge < -0.3 is 0 Å². The van der Waals surface area contributed by atoms with Gasteiger partial charge in [0.15, 0.2) is 11.6 Å². The van der Waals surface area contributed by atoms with Gasteiger partial charge >= 0.3 is 0 Å². The second kappa shape index (κ2) is 8.86. The zero-order chi connectivity index (χ0) is 22.8. The van der Waals surface area contributed by atoms with Crippen molar-refractivity contribution in [3.8, 4) is 11.8 Å². The Balaban J connectivity index is 1.94. The molecule has 31 heavy (non-hydrogen) atoms. The Labute approximate surface area is 180 Å². The molecule has 0 aliphatic heterocycles. The van der Waals surface area contributed by atoms with Crippen LogP contribution in [0.1, 0.15) is 34.7 Å². The number of sulfonamides is 1. The molecule has 0 aliphatic rings. The Hall–Kier alpha value is -3.24. The van der Waals surface area contributed by atoms with Crippen molar-refractivity contribution >= 4 is 15.7 Å². The summed E-state index contributed by atoms with van der Waals surface area (Å²) in [4.78, 5) is -0.386. The zero-order valence-corrected chi connectivity index (χ0v) is 18.0. The fraction of sp³-hybridized carbons (Fsp3) is 0.167. The van der Waals surface area contributed by atoms with Crippen LogP contribution in [0.25, 0.3) is 0 Å². The first-order valence-electron chi connectivity index (χ1n) is 9.50. The van der Waals surface area contributed by atoms with E-state index in [1.165, 1.54) is 26.0 Å². The lowest BCUT2D eigenvalue weighted by Gasteiger charge is -2.13. The lowest BCUT2D eigenvalue weighted by Crippen LogP contribution is -2.17. The number of aryl methyl sites for hydroxylation is 2. The van der Waals surface area contributed by atoms with Gasteiger partial charge in [-0.15, -0.1) is 0 Å². The van der Waals surface area contributed by atoms with Crippen molar-refractivity contribution in [3.05, 3.63) is 93.8 Å². The molecular weight excluding hydrogens is 423 g/mol. The van der Waals surface area contributed by atoms with E-state index in [0.717, 1.165) is 24.1 Å². The van der Waals surface area contributed by atoms with Gasteiger partial charge in [0.2, 0.25) is 0 Å². The van der Waals surface area contributed by atoms with Crippen LogP contribution in [0.5, 0.6) is 0 Å². The molecular formula is C24H20F3NO2S. The highest BCUT2D eigenvalue weighted by atomic mass is 32.2. The molecule has 1 N–H and O–H groups in total. The summed E-state index contributed by atoms with van der Waals surface area (Å²) in [7, 11) is -4.42. The van der Waals surface area contributed by atoms with Crippen molar-refractivity contribution in [2.75, 3.05) is 4.72 Å². The predicted octanol–water partition coefficient (Wildman–Crippen LogP) is 5.48. The highest BCUT2D eigenvalue weighted by molar-refractivity contribution is 7.92. The molecule has 0 fully saturated rings. The third-order valence-electron chi connectivity index (χ3n) is 4.70. The van der Waals surface area contributed by atoms with Crippen LogP contribution >= 0.6 is 0 Å². The lowest BCUT2D eigenvalue weighted by atomic mass is 10.1. The smallest absolute Gasteiger partial charge is 0.262 e. The van der Waals surface area contributed by atoms with Crippen molar-refractivity contribution in [2.45, 2.75) is 32.1 Å². The van der Waals surface area contributed by atoms with E-state index < -0.39 is 33.2 Å². The minimum atomic E-state index is -4.42. The first-order chi connectivity index (χ1) is 14.6. The molecule has 3 aromatic carbocycles. The summed E-state index contributed by atoms with van der Waals surface area (Å²) in [6.07, 6.45) is 0.831. The fourth-order valence-electron chi connectivity index (χ4n) is 3.01. The summed E-state index contributed by atoms with van der Waals surface area (Å²) in [5.74, 6) is 2.55. The van der Waals surface area contributed by atoms with Gasteiger partial charge in [-0.25, -0.2) is 21.6 Å². The van der Waals surface area contributed by atoms with Gasteiger partial charge in [0.05, 0.1) is 4.90 Å². The lowest BCUT2D eigenvalue weighted by molar-refractivity contribution is 0.579. The highest BCUT2D eigenvalue weighted by Gasteiger charge is 2.23. The van der Waals surface area contributed by atoms with E-state index >= 15 is 0 Å². The number of rotatable bonds is 4. The van der Waals surface area contributed by atoms with E-state index in [1.807, 2.05) is 29.8 Å². The minimum Gasteiger partial charge on any atom is -0.274 e. The molecule has 0 aliphatic carbocycles. The molecule has 0 saturated heterocycles. The highest BCUT2D eigenvalue weighted by Crippen LogP contribution is 2.27. The second-order valence-corrected chi connectivity index (χ2v) is 8.75. The van der Waals surface area contributed by atoms with E-state index in [9.17, 15) is 21.6 Å². The number of hydrogen-bond acceptors (Lipinski definition) is 2. The van der Waals surface area contributed by atoms with Gasteiger partial charge in [-0.3, -0.25) is 4.72 Å². The molecule has 0 aromatic heterocycles. The number of halogens is 3. The maximum Gasteiger partial charge on any atom is 0.262 e. The average molecular weight is 443 g/mol.